The number of alkyl halides is 3. The molecule has 160 valence electrons. The van der Waals surface area contributed by atoms with Gasteiger partial charge in [-0.25, -0.2) is 8.78 Å². The molecule has 1 saturated heterocycles. The van der Waals surface area contributed by atoms with E-state index in [1.165, 1.54) is 6.07 Å². The molecule has 1 heterocycles. The van der Waals surface area contributed by atoms with Gasteiger partial charge in [0.25, 0.3) is 11.8 Å². The minimum Gasteiger partial charge on any atom is -0.372 e. The average Bonchev–Trinajstić information content (AvgIpc) is 2.94. The maximum Gasteiger partial charge on any atom is 0.416 e. The second kappa shape index (κ2) is 7.84. The van der Waals surface area contributed by atoms with Gasteiger partial charge in [0, 0.05) is 24.5 Å². The van der Waals surface area contributed by atoms with Crippen molar-refractivity contribution in [3.05, 3.63) is 64.2 Å². The van der Waals surface area contributed by atoms with Crippen molar-refractivity contribution in [3.8, 4) is 0 Å². The number of amides is 2. The van der Waals surface area contributed by atoms with E-state index in [0.717, 1.165) is 12.1 Å². The lowest BCUT2D eigenvalue weighted by molar-refractivity contribution is -0.149. The summed E-state index contributed by atoms with van der Waals surface area (Å²) >= 11 is 5.71. The van der Waals surface area contributed by atoms with Crippen molar-refractivity contribution in [2.75, 3.05) is 11.4 Å². The van der Waals surface area contributed by atoms with Crippen LogP contribution in [0.3, 0.4) is 0 Å². The van der Waals surface area contributed by atoms with Gasteiger partial charge < -0.3 is 15.3 Å². The highest BCUT2D eigenvalue weighted by Gasteiger charge is 2.52. The molecule has 5 nitrogen and oxygen atoms in total. The third kappa shape index (κ3) is 4.24. The summed E-state index contributed by atoms with van der Waals surface area (Å²) in [5.74, 6) is -4.19. The summed E-state index contributed by atoms with van der Waals surface area (Å²) in [6.07, 6.45) is -5.25. The molecule has 11 heteroatoms. The molecule has 1 aliphatic rings. The molecular formula is C19H14ClF5N2O3. The Morgan fingerprint density at radius 1 is 1.20 bits per heavy atom. The molecular weight excluding hydrogens is 435 g/mol. The summed E-state index contributed by atoms with van der Waals surface area (Å²) in [6, 6.07) is 4.99. The third-order valence-electron chi connectivity index (χ3n) is 4.61. The Balaban J connectivity index is 1.79. The fraction of sp³-hybridized carbons (Fsp3) is 0.263. The molecule has 0 aromatic heterocycles. The molecule has 2 aromatic carbocycles. The molecule has 30 heavy (non-hydrogen) atoms. The van der Waals surface area contributed by atoms with Gasteiger partial charge >= 0.3 is 6.18 Å². The summed E-state index contributed by atoms with van der Waals surface area (Å²) in [4.78, 5) is 25.6. The van der Waals surface area contributed by atoms with Crippen molar-refractivity contribution in [3.63, 3.8) is 0 Å². The van der Waals surface area contributed by atoms with Gasteiger partial charge in [-0.3, -0.25) is 9.59 Å². The smallest absolute Gasteiger partial charge is 0.372 e. The van der Waals surface area contributed by atoms with Crippen molar-refractivity contribution in [1.82, 2.24) is 5.32 Å². The number of rotatable bonds is 4. The number of halogens is 6. The molecule has 0 saturated carbocycles. The van der Waals surface area contributed by atoms with Crippen LogP contribution in [0.2, 0.25) is 5.02 Å². The predicted octanol–water partition coefficient (Wildman–Crippen LogP) is 3.42. The Hall–Kier alpha value is -2.72. The van der Waals surface area contributed by atoms with Crippen molar-refractivity contribution in [1.29, 1.82) is 0 Å². The van der Waals surface area contributed by atoms with Crippen molar-refractivity contribution in [2.45, 2.75) is 24.7 Å². The van der Waals surface area contributed by atoms with Crippen LogP contribution in [-0.2, 0) is 22.3 Å². The van der Waals surface area contributed by atoms with Gasteiger partial charge in [0.2, 0.25) is 5.60 Å². The lowest BCUT2D eigenvalue weighted by atomic mass is 10.0. The predicted molar refractivity (Wildman–Crippen MR) is 96.6 cm³/mol. The van der Waals surface area contributed by atoms with Gasteiger partial charge in [-0.05, 0) is 42.0 Å². The molecule has 2 aromatic rings. The number of anilines is 1. The van der Waals surface area contributed by atoms with E-state index in [2.05, 4.69) is 5.32 Å². The molecule has 3 rings (SSSR count). The number of nitrogens with one attached hydrogen (secondary N) is 1. The van der Waals surface area contributed by atoms with E-state index in [1.807, 2.05) is 0 Å². The van der Waals surface area contributed by atoms with E-state index in [9.17, 15) is 36.6 Å². The van der Waals surface area contributed by atoms with Gasteiger partial charge in [0.15, 0.2) is 0 Å². The average molecular weight is 449 g/mol. The highest BCUT2D eigenvalue weighted by Crippen LogP contribution is 2.36. The first kappa shape index (κ1) is 22.0. The van der Waals surface area contributed by atoms with Gasteiger partial charge in [0.1, 0.15) is 11.6 Å². The summed E-state index contributed by atoms with van der Waals surface area (Å²) in [7, 11) is 0. The van der Waals surface area contributed by atoms with Gasteiger partial charge in [-0.1, -0.05) is 11.6 Å². The summed E-state index contributed by atoms with van der Waals surface area (Å²) in [6.45, 7) is -0.656. The van der Waals surface area contributed by atoms with Crippen LogP contribution in [-0.4, -0.2) is 29.1 Å². The van der Waals surface area contributed by atoms with Gasteiger partial charge in [-0.2, -0.15) is 13.2 Å². The van der Waals surface area contributed by atoms with Crippen molar-refractivity contribution >= 4 is 29.1 Å². The second-order valence-corrected chi connectivity index (χ2v) is 7.13. The maximum absolute atomic E-state index is 14.1. The van der Waals surface area contributed by atoms with E-state index in [-0.39, 0.29) is 23.7 Å². The molecule has 1 fully saturated rings. The van der Waals surface area contributed by atoms with Crippen LogP contribution >= 0.6 is 11.6 Å². The first-order chi connectivity index (χ1) is 13.9. The third-order valence-corrected chi connectivity index (χ3v) is 4.83. The van der Waals surface area contributed by atoms with E-state index < -0.39 is 52.9 Å². The Morgan fingerprint density at radius 2 is 1.90 bits per heavy atom. The summed E-state index contributed by atoms with van der Waals surface area (Å²) in [5.41, 5.74) is -4.24. The zero-order chi connectivity index (χ0) is 22.3. The van der Waals surface area contributed by atoms with Crippen LogP contribution < -0.4 is 10.2 Å². The van der Waals surface area contributed by atoms with Crippen LogP contribution in [0.4, 0.5) is 27.6 Å². The molecule has 1 atom stereocenters. The van der Waals surface area contributed by atoms with E-state index in [1.54, 1.807) is 0 Å². The number of carbonyl (C=O) groups is 2. The van der Waals surface area contributed by atoms with Crippen LogP contribution in [0.15, 0.2) is 36.4 Å². The molecule has 2 N–H and O–H groups in total. The van der Waals surface area contributed by atoms with Crippen molar-refractivity contribution in [2.24, 2.45) is 0 Å². The zero-order valence-corrected chi connectivity index (χ0v) is 15.8. The minimum atomic E-state index is -4.77. The standard InChI is InChI=1S/C19H14ClF5N2O3/c20-12-5-10(6-13(21)8-12)9-26-16(28)18(30)3-4-27(17(18)29)15-7-11(19(23,24)25)1-2-14(15)22/h1-2,5-8,30H,3-4,9H2,(H,26,28)/t18-/m0/s1. The first-order valence-electron chi connectivity index (χ1n) is 8.56. The van der Waals surface area contributed by atoms with Crippen LogP contribution in [0.1, 0.15) is 17.5 Å². The number of benzene rings is 2. The fourth-order valence-electron chi connectivity index (χ4n) is 3.08. The molecule has 1 aliphatic heterocycles. The van der Waals surface area contributed by atoms with E-state index in [4.69, 9.17) is 11.6 Å². The SMILES string of the molecule is O=C(NCc1cc(F)cc(Cl)c1)[C@@]1(O)CCN(c2cc(C(F)(F)F)ccc2F)C1=O. The monoisotopic (exact) mass is 448 g/mol. The van der Waals surface area contributed by atoms with Gasteiger partial charge in [-0.15, -0.1) is 0 Å². The number of nitrogens with zero attached hydrogens (tertiary/aromatic N) is 1. The number of hydrogen-bond acceptors (Lipinski definition) is 3. The maximum atomic E-state index is 14.1. The van der Waals surface area contributed by atoms with Gasteiger partial charge in [0.05, 0.1) is 11.3 Å². The Labute approximate surface area is 172 Å². The second-order valence-electron chi connectivity index (χ2n) is 6.69. The lowest BCUT2D eigenvalue weighted by Gasteiger charge is -2.22. The lowest BCUT2D eigenvalue weighted by Crippen LogP contribution is -2.52. The zero-order valence-electron chi connectivity index (χ0n) is 15.1. The number of carbonyl (C=O) groups excluding carboxylic acids is 2. The van der Waals surface area contributed by atoms with Crippen molar-refractivity contribution < 1.29 is 36.6 Å². The van der Waals surface area contributed by atoms with E-state index in [0.29, 0.717) is 23.1 Å². The fourth-order valence-corrected chi connectivity index (χ4v) is 3.33. The molecule has 0 radical (unpaired) electrons. The molecule has 0 spiro atoms. The summed E-state index contributed by atoms with van der Waals surface area (Å²) < 4.78 is 66.2. The Bertz CT molecular complexity index is 994. The Morgan fingerprint density at radius 3 is 2.53 bits per heavy atom. The number of aliphatic hydroxyl groups is 1. The highest BCUT2D eigenvalue weighted by atomic mass is 35.5. The highest BCUT2D eigenvalue weighted by molar-refractivity contribution is 6.30. The minimum absolute atomic E-state index is 0.0705. The Kier molecular flexibility index (Phi) is 5.74. The van der Waals surface area contributed by atoms with E-state index >= 15 is 0 Å². The van der Waals surface area contributed by atoms with Crippen LogP contribution in [0.5, 0.6) is 0 Å². The molecule has 2 amide bonds. The van der Waals surface area contributed by atoms with Crippen LogP contribution in [0, 0.1) is 11.6 Å². The molecule has 0 bridgehead atoms. The summed E-state index contributed by atoms with van der Waals surface area (Å²) in [5, 5.41) is 12.8. The molecule has 0 aliphatic carbocycles. The normalized spacial score (nSPS) is 19.3. The topological polar surface area (TPSA) is 69.6 Å². The largest absolute Gasteiger partial charge is 0.416 e. The number of hydrogen-bond donors (Lipinski definition) is 2. The first-order valence-corrected chi connectivity index (χ1v) is 8.94. The van der Waals surface area contributed by atoms with Crippen LogP contribution in [0.25, 0.3) is 0 Å². The quantitative estimate of drug-likeness (QED) is 0.556. The molecule has 0 unspecified atom stereocenters.